The fourth-order valence-electron chi connectivity index (χ4n) is 3.21. The van der Waals surface area contributed by atoms with Gasteiger partial charge in [0.2, 0.25) is 0 Å². The lowest BCUT2D eigenvalue weighted by Crippen LogP contribution is -2.12. The molecule has 4 rings (SSSR count). The first-order valence-electron chi connectivity index (χ1n) is 10.8. The van der Waals surface area contributed by atoms with Crippen molar-refractivity contribution in [2.24, 2.45) is 0 Å². The minimum absolute atomic E-state index is 0.129. The minimum atomic E-state index is -3.78. The monoisotopic (exact) mass is 540 g/mol. The Labute approximate surface area is 215 Å². The average Bonchev–Trinajstić information content (AvgIpc) is 2.86. The van der Waals surface area contributed by atoms with Crippen LogP contribution in [0.15, 0.2) is 117 Å². The highest BCUT2D eigenvalue weighted by Crippen LogP contribution is 2.30. The standard InChI is InChI=1S/C26H24N2O5S3/c1-27-19-3-7-21(8-4-19)33-22-9-5-20(6-10-22)28-36(31,32)26-17-13-24(14-18-26)34-23-11-15-25(16-12-23)35(2,29)30/h3-18,27-28H,1-2H3. The molecule has 4 aromatic rings. The molecule has 0 spiro atoms. The van der Waals surface area contributed by atoms with Crippen molar-refractivity contribution in [1.82, 2.24) is 0 Å². The average molecular weight is 541 g/mol. The van der Waals surface area contributed by atoms with Gasteiger partial charge in [0.05, 0.1) is 9.79 Å². The van der Waals surface area contributed by atoms with Gasteiger partial charge >= 0.3 is 0 Å². The Morgan fingerprint density at radius 2 is 1.06 bits per heavy atom. The number of hydrogen-bond donors (Lipinski definition) is 2. The number of benzene rings is 4. The molecule has 10 heteroatoms. The van der Waals surface area contributed by atoms with Crippen LogP contribution in [0.1, 0.15) is 0 Å². The summed E-state index contributed by atoms with van der Waals surface area (Å²) in [5.41, 5.74) is 1.39. The van der Waals surface area contributed by atoms with Crippen molar-refractivity contribution in [3.05, 3.63) is 97.1 Å². The van der Waals surface area contributed by atoms with E-state index in [4.69, 9.17) is 4.74 Å². The summed E-state index contributed by atoms with van der Waals surface area (Å²) < 4.78 is 57.2. The first-order valence-corrected chi connectivity index (χ1v) is 15.0. The maximum atomic E-state index is 12.8. The van der Waals surface area contributed by atoms with Gasteiger partial charge in [-0.15, -0.1) is 0 Å². The Kier molecular flexibility index (Phi) is 7.58. The largest absolute Gasteiger partial charge is 0.457 e. The molecule has 0 aliphatic carbocycles. The quantitative estimate of drug-likeness (QED) is 0.273. The molecule has 0 aliphatic heterocycles. The van der Waals surface area contributed by atoms with Crippen LogP contribution in [-0.2, 0) is 19.9 Å². The van der Waals surface area contributed by atoms with Crippen molar-refractivity contribution in [2.75, 3.05) is 23.3 Å². The SMILES string of the molecule is CNc1ccc(Oc2ccc(NS(=O)(=O)c3ccc(Sc4ccc(S(C)(=O)=O)cc4)cc3)cc2)cc1. The molecule has 0 atom stereocenters. The molecule has 36 heavy (non-hydrogen) atoms. The van der Waals surface area contributed by atoms with Gasteiger partial charge < -0.3 is 10.1 Å². The lowest BCUT2D eigenvalue weighted by atomic mass is 10.3. The van der Waals surface area contributed by atoms with Gasteiger partial charge in [-0.2, -0.15) is 0 Å². The van der Waals surface area contributed by atoms with Crippen LogP contribution in [0.25, 0.3) is 0 Å². The van der Waals surface area contributed by atoms with Crippen LogP contribution < -0.4 is 14.8 Å². The summed E-state index contributed by atoms with van der Waals surface area (Å²) in [6.07, 6.45) is 1.16. The van der Waals surface area contributed by atoms with E-state index in [1.807, 2.05) is 31.3 Å². The molecule has 2 N–H and O–H groups in total. The number of nitrogens with one attached hydrogen (secondary N) is 2. The van der Waals surface area contributed by atoms with Crippen LogP contribution in [0.4, 0.5) is 11.4 Å². The molecule has 0 aliphatic rings. The lowest BCUT2D eigenvalue weighted by Gasteiger charge is -2.11. The van der Waals surface area contributed by atoms with E-state index in [0.29, 0.717) is 17.2 Å². The predicted octanol–water partition coefficient (Wildman–Crippen LogP) is 5.88. The molecule has 186 valence electrons. The summed E-state index contributed by atoms with van der Waals surface area (Å²) in [7, 11) is -5.19. The third kappa shape index (κ3) is 6.60. The molecule has 4 aromatic carbocycles. The topological polar surface area (TPSA) is 102 Å². The summed E-state index contributed by atoms with van der Waals surface area (Å²) in [5.74, 6) is 1.26. The number of rotatable bonds is 9. The van der Waals surface area contributed by atoms with Crippen molar-refractivity contribution in [2.45, 2.75) is 19.6 Å². The van der Waals surface area contributed by atoms with E-state index in [9.17, 15) is 16.8 Å². The molecule has 0 bridgehead atoms. The number of sulfone groups is 1. The highest BCUT2D eigenvalue weighted by molar-refractivity contribution is 7.99. The van der Waals surface area contributed by atoms with Crippen molar-refractivity contribution in [1.29, 1.82) is 0 Å². The Morgan fingerprint density at radius 1 is 0.611 bits per heavy atom. The van der Waals surface area contributed by atoms with Gasteiger partial charge in [0.25, 0.3) is 10.0 Å². The number of sulfonamides is 1. The second kappa shape index (κ2) is 10.7. The highest BCUT2D eigenvalue weighted by atomic mass is 32.2. The predicted molar refractivity (Wildman–Crippen MR) is 143 cm³/mol. The van der Waals surface area contributed by atoms with E-state index in [2.05, 4.69) is 10.0 Å². The van der Waals surface area contributed by atoms with E-state index < -0.39 is 19.9 Å². The van der Waals surface area contributed by atoms with E-state index >= 15 is 0 Å². The number of hydrogen-bond acceptors (Lipinski definition) is 7. The zero-order valence-electron chi connectivity index (χ0n) is 19.5. The van der Waals surface area contributed by atoms with Gasteiger partial charge in [0.1, 0.15) is 11.5 Å². The highest BCUT2D eigenvalue weighted by Gasteiger charge is 2.15. The van der Waals surface area contributed by atoms with E-state index in [-0.39, 0.29) is 9.79 Å². The first-order chi connectivity index (χ1) is 17.1. The molecule has 0 heterocycles. The van der Waals surface area contributed by atoms with E-state index in [0.717, 1.165) is 21.7 Å². The molecular weight excluding hydrogens is 516 g/mol. The second-order valence-corrected chi connectivity index (χ2v) is 12.7. The number of ether oxygens (including phenoxy) is 1. The van der Waals surface area contributed by atoms with Crippen LogP contribution in [0.5, 0.6) is 11.5 Å². The van der Waals surface area contributed by atoms with Gasteiger partial charge in [-0.3, -0.25) is 4.72 Å². The Hall–Kier alpha value is -3.47. The smallest absolute Gasteiger partial charge is 0.261 e. The first kappa shape index (κ1) is 25.6. The van der Waals surface area contributed by atoms with Gasteiger partial charge in [-0.05, 0) is 97.1 Å². The van der Waals surface area contributed by atoms with Gasteiger partial charge in [0.15, 0.2) is 9.84 Å². The summed E-state index contributed by atoms with van der Waals surface area (Å²) in [5, 5.41) is 3.04. The third-order valence-corrected chi connectivity index (χ3v) is 8.65. The maximum Gasteiger partial charge on any atom is 0.261 e. The van der Waals surface area contributed by atoms with Gasteiger partial charge in [0, 0.05) is 34.5 Å². The third-order valence-electron chi connectivity index (χ3n) is 5.11. The molecule has 0 saturated heterocycles. The van der Waals surface area contributed by atoms with Crippen molar-refractivity contribution < 1.29 is 21.6 Å². The molecule has 0 saturated carbocycles. The summed E-state index contributed by atoms with van der Waals surface area (Å²) in [4.78, 5) is 2.05. The maximum absolute atomic E-state index is 12.8. The normalized spacial score (nSPS) is 11.6. The lowest BCUT2D eigenvalue weighted by molar-refractivity contribution is 0.483. The van der Waals surface area contributed by atoms with Crippen molar-refractivity contribution in [3.63, 3.8) is 0 Å². The van der Waals surface area contributed by atoms with Crippen molar-refractivity contribution in [3.8, 4) is 11.5 Å². The van der Waals surface area contributed by atoms with Gasteiger partial charge in [-0.1, -0.05) is 11.8 Å². The minimum Gasteiger partial charge on any atom is -0.457 e. The van der Waals surface area contributed by atoms with Crippen LogP contribution >= 0.6 is 11.8 Å². The number of anilines is 2. The zero-order valence-corrected chi connectivity index (χ0v) is 22.0. The van der Waals surface area contributed by atoms with E-state index in [1.54, 1.807) is 60.7 Å². The van der Waals surface area contributed by atoms with Crippen LogP contribution in [0.3, 0.4) is 0 Å². The fourth-order valence-corrected chi connectivity index (χ4v) is 5.71. The van der Waals surface area contributed by atoms with Crippen molar-refractivity contribution >= 4 is 43.0 Å². The van der Waals surface area contributed by atoms with E-state index in [1.165, 1.54) is 23.9 Å². The Balaban J connectivity index is 1.39. The van der Waals surface area contributed by atoms with Crippen LogP contribution in [0.2, 0.25) is 0 Å². The second-order valence-electron chi connectivity index (χ2n) is 7.82. The summed E-state index contributed by atoms with van der Waals surface area (Å²) >= 11 is 1.41. The summed E-state index contributed by atoms with van der Waals surface area (Å²) in [6, 6.07) is 27.2. The fraction of sp³-hybridized carbons (Fsp3) is 0.0769. The Bertz CT molecular complexity index is 1530. The molecule has 0 amide bonds. The molecule has 7 nitrogen and oxygen atoms in total. The Morgan fingerprint density at radius 3 is 1.50 bits per heavy atom. The molecule has 0 radical (unpaired) electrons. The van der Waals surface area contributed by atoms with Crippen LogP contribution in [0, 0.1) is 0 Å². The molecule has 0 aromatic heterocycles. The van der Waals surface area contributed by atoms with Crippen LogP contribution in [-0.4, -0.2) is 30.1 Å². The zero-order chi connectivity index (χ0) is 25.8. The molecule has 0 fully saturated rings. The summed E-state index contributed by atoms with van der Waals surface area (Å²) in [6.45, 7) is 0. The molecule has 0 unspecified atom stereocenters. The molecular formula is C26H24N2O5S3. The van der Waals surface area contributed by atoms with Gasteiger partial charge in [-0.25, -0.2) is 16.8 Å².